The maximum atomic E-state index is 12.1. The Bertz CT molecular complexity index is 659. The zero-order chi connectivity index (χ0) is 16.9. The van der Waals surface area contributed by atoms with Crippen molar-refractivity contribution in [2.24, 2.45) is 0 Å². The van der Waals surface area contributed by atoms with Gasteiger partial charge in [-0.15, -0.1) is 0 Å². The molecule has 0 aliphatic heterocycles. The third kappa shape index (κ3) is 4.69. The highest BCUT2D eigenvalue weighted by atomic mass is 16.5. The minimum Gasteiger partial charge on any atom is -0.469 e. The van der Waals surface area contributed by atoms with E-state index in [9.17, 15) is 14.7 Å². The molecule has 2 N–H and O–H groups in total. The van der Waals surface area contributed by atoms with Gasteiger partial charge in [0.1, 0.15) is 5.76 Å². The highest BCUT2D eigenvalue weighted by Crippen LogP contribution is 2.13. The Balaban J connectivity index is 1.92. The van der Waals surface area contributed by atoms with Crippen LogP contribution in [0.5, 0.6) is 0 Å². The molecule has 122 valence electrons. The fourth-order valence-electron chi connectivity index (χ4n) is 2.10. The van der Waals surface area contributed by atoms with Crippen molar-refractivity contribution in [2.45, 2.75) is 18.9 Å². The van der Waals surface area contributed by atoms with Gasteiger partial charge < -0.3 is 19.6 Å². The molecule has 0 saturated carbocycles. The lowest BCUT2D eigenvalue weighted by atomic mass is 10.0. The molecule has 1 aromatic heterocycles. The first kappa shape index (κ1) is 16.8. The van der Waals surface area contributed by atoms with E-state index < -0.39 is 11.6 Å². The molecule has 6 nitrogen and oxygen atoms in total. The van der Waals surface area contributed by atoms with Crippen LogP contribution in [-0.4, -0.2) is 36.2 Å². The van der Waals surface area contributed by atoms with Gasteiger partial charge in [0.15, 0.2) is 0 Å². The molecule has 2 rings (SSSR count). The molecule has 1 heterocycles. The summed E-state index contributed by atoms with van der Waals surface area (Å²) in [5, 5.41) is 13.0. The van der Waals surface area contributed by atoms with E-state index in [1.54, 1.807) is 19.1 Å². The maximum Gasteiger partial charge on any atom is 0.337 e. The van der Waals surface area contributed by atoms with Crippen LogP contribution in [0.3, 0.4) is 0 Å². The zero-order valence-electron chi connectivity index (χ0n) is 13.0. The van der Waals surface area contributed by atoms with Crippen molar-refractivity contribution < 1.29 is 23.8 Å². The van der Waals surface area contributed by atoms with Crippen molar-refractivity contribution in [3.05, 3.63) is 59.5 Å². The summed E-state index contributed by atoms with van der Waals surface area (Å²) in [5.41, 5.74) is -0.361. The molecule has 0 aliphatic rings. The highest BCUT2D eigenvalue weighted by Gasteiger charge is 2.23. The first-order valence-corrected chi connectivity index (χ1v) is 7.12. The van der Waals surface area contributed by atoms with Crippen molar-refractivity contribution in [1.82, 2.24) is 5.32 Å². The molecule has 0 aliphatic carbocycles. The standard InChI is InChI=1S/C17H19NO5/c1-17(21,10-14-4-3-9-23-14)11-18-15(19)12-5-7-13(8-6-12)16(20)22-2/h3-9,21H,10-11H2,1-2H3,(H,18,19)/t17-/m0/s1. The summed E-state index contributed by atoms with van der Waals surface area (Å²) in [6.45, 7) is 1.70. The van der Waals surface area contributed by atoms with E-state index in [1.807, 2.05) is 0 Å². The molecule has 0 fully saturated rings. The van der Waals surface area contributed by atoms with E-state index >= 15 is 0 Å². The van der Waals surface area contributed by atoms with Crippen LogP contribution in [0.15, 0.2) is 47.1 Å². The Morgan fingerprint density at radius 1 is 1.22 bits per heavy atom. The van der Waals surface area contributed by atoms with Crippen LogP contribution in [0.1, 0.15) is 33.4 Å². The van der Waals surface area contributed by atoms with Crippen LogP contribution >= 0.6 is 0 Å². The fourth-order valence-corrected chi connectivity index (χ4v) is 2.10. The number of carbonyl (C=O) groups excluding carboxylic acids is 2. The largest absolute Gasteiger partial charge is 0.469 e. The SMILES string of the molecule is COC(=O)c1ccc(C(=O)NC[C@@](C)(O)Cc2ccco2)cc1. The number of carbonyl (C=O) groups is 2. The van der Waals surface area contributed by atoms with Crippen LogP contribution in [0.4, 0.5) is 0 Å². The summed E-state index contributed by atoms with van der Waals surface area (Å²) in [4.78, 5) is 23.4. The van der Waals surface area contributed by atoms with Crippen LogP contribution in [0, 0.1) is 0 Å². The van der Waals surface area contributed by atoms with Crippen LogP contribution in [-0.2, 0) is 11.2 Å². The van der Waals surface area contributed by atoms with Crippen LogP contribution in [0.2, 0.25) is 0 Å². The number of hydrogen-bond acceptors (Lipinski definition) is 5. The van der Waals surface area contributed by atoms with Gasteiger partial charge in [-0.3, -0.25) is 4.79 Å². The number of methoxy groups -OCH3 is 1. The van der Waals surface area contributed by atoms with Crippen molar-refractivity contribution >= 4 is 11.9 Å². The summed E-state index contributed by atoms with van der Waals surface area (Å²) in [6, 6.07) is 9.60. The second-order valence-corrected chi connectivity index (χ2v) is 5.50. The second kappa shape index (κ2) is 7.11. The van der Waals surface area contributed by atoms with E-state index in [1.165, 1.54) is 37.6 Å². The topological polar surface area (TPSA) is 88.8 Å². The molecule has 0 saturated heterocycles. The van der Waals surface area contributed by atoms with Crippen molar-refractivity contribution in [1.29, 1.82) is 0 Å². The third-order valence-corrected chi connectivity index (χ3v) is 3.33. The maximum absolute atomic E-state index is 12.1. The predicted molar refractivity (Wildman–Crippen MR) is 83.2 cm³/mol. The number of benzene rings is 1. The smallest absolute Gasteiger partial charge is 0.337 e. The number of aliphatic hydroxyl groups is 1. The average Bonchev–Trinajstić information content (AvgIpc) is 3.04. The molecule has 23 heavy (non-hydrogen) atoms. The molecule has 1 amide bonds. The molecule has 1 atom stereocenters. The highest BCUT2D eigenvalue weighted by molar-refractivity contribution is 5.96. The van der Waals surface area contributed by atoms with E-state index in [-0.39, 0.29) is 12.5 Å². The monoisotopic (exact) mass is 317 g/mol. The van der Waals surface area contributed by atoms with Gasteiger partial charge >= 0.3 is 5.97 Å². The van der Waals surface area contributed by atoms with Gasteiger partial charge in [0.25, 0.3) is 5.91 Å². The van der Waals surface area contributed by atoms with Gasteiger partial charge in [-0.1, -0.05) is 0 Å². The van der Waals surface area contributed by atoms with E-state index in [4.69, 9.17) is 4.42 Å². The molecule has 0 spiro atoms. The molecule has 0 unspecified atom stereocenters. The number of furan rings is 1. The number of rotatable bonds is 6. The molecular weight excluding hydrogens is 298 g/mol. The lowest BCUT2D eigenvalue weighted by molar-refractivity contribution is 0.0510. The minimum atomic E-state index is -1.13. The zero-order valence-corrected chi connectivity index (χ0v) is 13.0. The molecule has 2 aromatic rings. The van der Waals surface area contributed by atoms with Crippen molar-refractivity contribution in [3.8, 4) is 0 Å². The number of amides is 1. The Kier molecular flexibility index (Phi) is 5.18. The van der Waals surface area contributed by atoms with Gasteiger partial charge in [0, 0.05) is 18.5 Å². The Morgan fingerprint density at radius 2 is 1.87 bits per heavy atom. The molecule has 0 bridgehead atoms. The Morgan fingerprint density at radius 3 is 2.43 bits per heavy atom. The first-order valence-electron chi connectivity index (χ1n) is 7.12. The number of nitrogens with one attached hydrogen (secondary N) is 1. The quantitative estimate of drug-likeness (QED) is 0.793. The molecule has 1 aromatic carbocycles. The number of esters is 1. The molecular formula is C17H19NO5. The second-order valence-electron chi connectivity index (χ2n) is 5.50. The molecule has 6 heteroatoms. The van der Waals surface area contributed by atoms with Gasteiger partial charge in [-0.25, -0.2) is 4.79 Å². The van der Waals surface area contributed by atoms with Gasteiger partial charge in [-0.2, -0.15) is 0 Å². The number of hydrogen-bond donors (Lipinski definition) is 2. The summed E-state index contributed by atoms with van der Waals surface area (Å²) in [6.07, 6.45) is 1.83. The van der Waals surface area contributed by atoms with Gasteiger partial charge in [0.2, 0.25) is 0 Å². The normalized spacial score (nSPS) is 13.2. The van der Waals surface area contributed by atoms with Crippen LogP contribution in [0.25, 0.3) is 0 Å². The van der Waals surface area contributed by atoms with Crippen molar-refractivity contribution in [3.63, 3.8) is 0 Å². The van der Waals surface area contributed by atoms with Gasteiger partial charge in [-0.05, 0) is 43.3 Å². The Labute approximate surface area is 134 Å². The summed E-state index contributed by atoms with van der Waals surface area (Å²) >= 11 is 0. The summed E-state index contributed by atoms with van der Waals surface area (Å²) in [7, 11) is 1.30. The summed E-state index contributed by atoms with van der Waals surface area (Å²) in [5.74, 6) is -0.147. The lowest BCUT2D eigenvalue weighted by Crippen LogP contribution is -2.42. The fraction of sp³-hybridized carbons (Fsp3) is 0.294. The first-order chi connectivity index (χ1) is 10.9. The van der Waals surface area contributed by atoms with E-state index in [0.29, 0.717) is 23.3 Å². The third-order valence-electron chi connectivity index (χ3n) is 3.33. The Hall–Kier alpha value is -2.60. The van der Waals surface area contributed by atoms with Gasteiger partial charge in [0.05, 0.1) is 24.5 Å². The van der Waals surface area contributed by atoms with E-state index in [2.05, 4.69) is 10.1 Å². The summed E-state index contributed by atoms with van der Waals surface area (Å²) < 4.78 is 9.79. The average molecular weight is 317 g/mol. The lowest BCUT2D eigenvalue weighted by Gasteiger charge is -2.22. The molecule has 0 radical (unpaired) electrons. The predicted octanol–water partition coefficient (Wildman–Crippen LogP) is 1.79. The number of ether oxygens (including phenoxy) is 1. The minimum absolute atomic E-state index is 0.0747. The van der Waals surface area contributed by atoms with E-state index in [0.717, 1.165) is 0 Å². The van der Waals surface area contributed by atoms with Crippen molar-refractivity contribution in [2.75, 3.05) is 13.7 Å². The van der Waals surface area contributed by atoms with Crippen LogP contribution < -0.4 is 5.32 Å².